The molecule has 3 rings (SSSR count). The first kappa shape index (κ1) is 22.4. The number of benzene rings is 2. The highest BCUT2D eigenvalue weighted by Gasteiger charge is 2.26. The molecule has 1 fully saturated rings. The SMILES string of the molecule is CN(CCc1ccc(F)cc1)CC(=O)Nc1ccc(S(=O)(=O)N2CCOCC2)cc1. The number of carbonyl (C=O) groups is 1. The van der Waals surface area contributed by atoms with Gasteiger partial charge in [-0.15, -0.1) is 0 Å². The third-order valence-electron chi connectivity index (χ3n) is 4.85. The predicted molar refractivity (Wildman–Crippen MR) is 112 cm³/mol. The number of rotatable bonds is 8. The van der Waals surface area contributed by atoms with E-state index in [4.69, 9.17) is 4.74 Å². The summed E-state index contributed by atoms with van der Waals surface area (Å²) in [5.74, 6) is -0.462. The number of anilines is 1. The fraction of sp³-hybridized carbons (Fsp3) is 0.381. The van der Waals surface area contributed by atoms with Crippen LogP contribution in [-0.2, 0) is 26.0 Å². The smallest absolute Gasteiger partial charge is 0.243 e. The van der Waals surface area contributed by atoms with Gasteiger partial charge in [0.2, 0.25) is 15.9 Å². The van der Waals surface area contributed by atoms with Gasteiger partial charge in [-0.3, -0.25) is 9.69 Å². The van der Waals surface area contributed by atoms with Crippen molar-refractivity contribution in [3.8, 4) is 0 Å². The second-order valence-electron chi connectivity index (χ2n) is 7.20. The Bertz CT molecular complexity index is 943. The van der Waals surface area contributed by atoms with Crippen LogP contribution in [0.5, 0.6) is 0 Å². The molecule has 0 bridgehead atoms. The summed E-state index contributed by atoms with van der Waals surface area (Å²) in [6.07, 6.45) is 0.707. The summed E-state index contributed by atoms with van der Waals surface area (Å²) in [5.41, 5.74) is 1.54. The van der Waals surface area contributed by atoms with Crippen LogP contribution in [0.4, 0.5) is 10.1 Å². The van der Waals surface area contributed by atoms with E-state index < -0.39 is 10.0 Å². The van der Waals surface area contributed by atoms with Gasteiger partial charge in [-0.05, 0) is 55.4 Å². The van der Waals surface area contributed by atoms with E-state index in [1.165, 1.54) is 28.6 Å². The number of halogens is 1. The van der Waals surface area contributed by atoms with Crippen LogP contribution in [0.25, 0.3) is 0 Å². The van der Waals surface area contributed by atoms with Gasteiger partial charge in [0.25, 0.3) is 0 Å². The van der Waals surface area contributed by atoms with Gasteiger partial charge in [0.15, 0.2) is 0 Å². The predicted octanol–water partition coefficient (Wildman–Crippen LogP) is 1.96. The average Bonchev–Trinajstić information content (AvgIpc) is 2.74. The van der Waals surface area contributed by atoms with Crippen molar-refractivity contribution in [1.29, 1.82) is 0 Å². The summed E-state index contributed by atoms with van der Waals surface area (Å²) in [7, 11) is -1.72. The molecule has 1 N–H and O–H groups in total. The first-order chi connectivity index (χ1) is 14.3. The molecule has 2 aromatic carbocycles. The summed E-state index contributed by atoms with van der Waals surface area (Å²) in [6, 6.07) is 12.5. The average molecular weight is 436 g/mol. The fourth-order valence-corrected chi connectivity index (χ4v) is 4.55. The lowest BCUT2D eigenvalue weighted by molar-refractivity contribution is -0.117. The Hall–Kier alpha value is -2.33. The molecule has 0 radical (unpaired) electrons. The Morgan fingerprint density at radius 1 is 1.10 bits per heavy atom. The van der Waals surface area contributed by atoms with Crippen molar-refractivity contribution in [2.75, 3.05) is 51.8 Å². The van der Waals surface area contributed by atoms with Gasteiger partial charge < -0.3 is 10.1 Å². The lowest BCUT2D eigenvalue weighted by Gasteiger charge is -2.26. The second kappa shape index (κ2) is 10.1. The van der Waals surface area contributed by atoms with Crippen LogP contribution in [0.1, 0.15) is 5.56 Å². The van der Waals surface area contributed by atoms with E-state index in [0.717, 1.165) is 5.56 Å². The van der Waals surface area contributed by atoms with Crippen LogP contribution in [0.15, 0.2) is 53.4 Å². The molecule has 2 aromatic rings. The number of carbonyl (C=O) groups excluding carboxylic acids is 1. The zero-order chi connectivity index (χ0) is 21.6. The topological polar surface area (TPSA) is 79.0 Å². The molecule has 7 nitrogen and oxygen atoms in total. The molecular weight excluding hydrogens is 409 g/mol. The number of nitrogens with one attached hydrogen (secondary N) is 1. The van der Waals surface area contributed by atoms with Crippen LogP contribution in [0.2, 0.25) is 0 Å². The molecule has 1 saturated heterocycles. The van der Waals surface area contributed by atoms with E-state index in [9.17, 15) is 17.6 Å². The molecule has 0 saturated carbocycles. The van der Waals surface area contributed by atoms with Gasteiger partial charge in [0, 0.05) is 25.3 Å². The van der Waals surface area contributed by atoms with Crippen molar-refractivity contribution in [1.82, 2.24) is 9.21 Å². The third kappa shape index (κ3) is 6.09. The zero-order valence-electron chi connectivity index (χ0n) is 16.9. The summed E-state index contributed by atoms with van der Waals surface area (Å²) in [6.45, 7) is 2.30. The molecule has 0 unspecified atom stereocenters. The summed E-state index contributed by atoms with van der Waals surface area (Å²) in [4.78, 5) is 14.3. The van der Waals surface area contributed by atoms with Gasteiger partial charge in [0.05, 0.1) is 24.7 Å². The van der Waals surface area contributed by atoms with Crippen LogP contribution >= 0.6 is 0 Å². The number of ether oxygens (including phenoxy) is 1. The summed E-state index contributed by atoms with van der Waals surface area (Å²) < 4.78 is 44.8. The van der Waals surface area contributed by atoms with E-state index in [1.807, 2.05) is 11.9 Å². The first-order valence-corrected chi connectivity index (χ1v) is 11.2. The molecule has 0 spiro atoms. The minimum absolute atomic E-state index is 0.190. The molecule has 0 atom stereocenters. The monoisotopic (exact) mass is 435 g/mol. The normalized spacial score (nSPS) is 15.3. The lowest BCUT2D eigenvalue weighted by atomic mass is 10.1. The minimum Gasteiger partial charge on any atom is -0.379 e. The van der Waals surface area contributed by atoms with Crippen molar-refractivity contribution in [3.63, 3.8) is 0 Å². The van der Waals surface area contributed by atoms with Crippen LogP contribution in [0.3, 0.4) is 0 Å². The Labute approximate surface area is 176 Å². The molecule has 30 heavy (non-hydrogen) atoms. The maximum atomic E-state index is 12.9. The van der Waals surface area contributed by atoms with Gasteiger partial charge >= 0.3 is 0 Å². The van der Waals surface area contributed by atoms with Crippen molar-refractivity contribution in [2.45, 2.75) is 11.3 Å². The second-order valence-corrected chi connectivity index (χ2v) is 9.14. The molecule has 0 aliphatic carbocycles. The highest BCUT2D eigenvalue weighted by molar-refractivity contribution is 7.89. The van der Waals surface area contributed by atoms with Gasteiger partial charge in [-0.2, -0.15) is 4.31 Å². The number of morpholine rings is 1. The Balaban J connectivity index is 1.49. The van der Waals surface area contributed by atoms with E-state index in [2.05, 4.69) is 5.32 Å². The number of hydrogen-bond acceptors (Lipinski definition) is 5. The number of amides is 1. The number of likely N-dealkylation sites (N-methyl/N-ethyl adjacent to an activating group) is 1. The Kier molecular flexibility index (Phi) is 7.54. The lowest BCUT2D eigenvalue weighted by Crippen LogP contribution is -2.40. The molecule has 1 amide bonds. The summed E-state index contributed by atoms with van der Waals surface area (Å²) in [5, 5.41) is 2.78. The van der Waals surface area contributed by atoms with E-state index in [0.29, 0.717) is 45.0 Å². The largest absolute Gasteiger partial charge is 0.379 e. The molecule has 1 aliphatic heterocycles. The quantitative estimate of drug-likeness (QED) is 0.686. The molecule has 1 heterocycles. The van der Waals surface area contributed by atoms with Gasteiger partial charge in [0.1, 0.15) is 5.82 Å². The highest BCUT2D eigenvalue weighted by atomic mass is 32.2. The zero-order valence-corrected chi connectivity index (χ0v) is 17.7. The van der Waals surface area contributed by atoms with Crippen LogP contribution in [0, 0.1) is 5.82 Å². The Morgan fingerprint density at radius 2 is 1.73 bits per heavy atom. The standard InChI is InChI=1S/C21H26FN3O4S/c1-24(11-10-17-2-4-18(22)5-3-17)16-21(26)23-19-6-8-20(9-7-19)30(27,28)25-12-14-29-15-13-25/h2-9H,10-16H2,1H3,(H,23,26). The third-order valence-corrected chi connectivity index (χ3v) is 6.77. The van der Waals surface area contributed by atoms with Gasteiger partial charge in [-0.1, -0.05) is 12.1 Å². The number of nitrogens with zero attached hydrogens (tertiary/aromatic N) is 2. The van der Waals surface area contributed by atoms with Crippen molar-refractivity contribution in [3.05, 3.63) is 59.9 Å². The molecule has 9 heteroatoms. The van der Waals surface area contributed by atoms with Crippen molar-refractivity contribution >= 4 is 21.6 Å². The number of hydrogen-bond donors (Lipinski definition) is 1. The minimum atomic E-state index is -3.55. The molecular formula is C21H26FN3O4S. The van der Waals surface area contributed by atoms with Crippen molar-refractivity contribution in [2.24, 2.45) is 0 Å². The van der Waals surface area contributed by atoms with Crippen LogP contribution < -0.4 is 5.32 Å². The van der Waals surface area contributed by atoms with Crippen LogP contribution in [-0.4, -0.2) is 70.0 Å². The molecule has 1 aliphatic rings. The van der Waals surface area contributed by atoms with E-state index in [1.54, 1.807) is 24.3 Å². The fourth-order valence-electron chi connectivity index (χ4n) is 3.14. The van der Waals surface area contributed by atoms with Gasteiger partial charge in [-0.25, -0.2) is 12.8 Å². The highest BCUT2D eigenvalue weighted by Crippen LogP contribution is 2.19. The molecule has 162 valence electrons. The van der Waals surface area contributed by atoms with E-state index >= 15 is 0 Å². The van der Waals surface area contributed by atoms with E-state index in [-0.39, 0.29) is 23.2 Å². The maximum absolute atomic E-state index is 12.9. The molecule has 0 aromatic heterocycles. The maximum Gasteiger partial charge on any atom is 0.243 e. The first-order valence-electron chi connectivity index (χ1n) is 9.75. The van der Waals surface area contributed by atoms with Crippen molar-refractivity contribution < 1.29 is 22.3 Å². The number of sulfonamides is 1. The Morgan fingerprint density at radius 3 is 2.37 bits per heavy atom. The summed E-state index contributed by atoms with van der Waals surface area (Å²) >= 11 is 0.